The molecule has 0 radical (unpaired) electrons. The molecule has 2 aromatic carbocycles. The van der Waals surface area contributed by atoms with Crippen LogP contribution >= 0.6 is 23.4 Å². The third kappa shape index (κ3) is 4.05. The molecule has 0 spiro atoms. The van der Waals surface area contributed by atoms with Crippen molar-refractivity contribution in [3.63, 3.8) is 0 Å². The number of amides is 2. The van der Waals surface area contributed by atoms with Gasteiger partial charge in [-0.15, -0.1) is 0 Å². The van der Waals surface area contributed by atoms with Crippen LogP contribution in [0.1, 0.15) is 15.9 Å². The van der Waals surface area contributed by atoms with Gasteiger partial charge in [-0.1, -0.05) is 41.9 Å². The smallest absolute Gasteiger partial charge is 0.293 e. The second kappa shape index (κ2) is 8.50. The standard InChI is InChI=1S/C20H16ClNO5S/c1-26-16-8-13(14(21)10-17(16)27-2)9-18-19(24)22(20(25)28-18)11-15(23)12-6-4-3-5-7-12/h3-10H,11H2,1-2H3. The van der Waals surface area contributed by atoms with Crippen molar-refractivity contribution in [3.05, 3.63) is 63.5 Å². The summed E-state index contributed by atoms with van der Waals surface area (Å²) in [5, 5.41) is -0.165. The number of imide groups is 1. The lowest BCUT2D eigenvalue weighted by molar-refractivity contribution is -0.122. The molecule has 0 bridgehead atoms. The van der Waals surface area contributed by atoms with Gasteiger partial charge in [0.05, 0.1) is 30.7 Å². The highest BCUT2D eigenvalue weighted by Crippen LogP contribution is 2.37. The Balaban J connectivity index is 1.84. The van der Waals surface area contributed by atoms with Crippen molar-refractivity contribution in [1.82, 2.24) is 4.90 Å². The van der Waals surface area contributed by atoms with Crippen LogP contribution in [-0.4, -0.2) is 42.6 Å². The van der Waals surface area contributed by atoms with E-state index in [-0.39, 0.29) is 17.2 Å². The highest BCUT2D eigenvalue weighted by molar-refractivity contribution is 8.18. The zero-order chi connectivity index (χ0) is 20.3. The second-order valence-electron chi connectivity index (χ2n) is 5.79. The molecule has 0 N–H and O–H groups in total. The number of nitrogens with zero attached hydrogens (tertiary/aromatic N) is 1. The fourth-order valence-corrected chi connectivity index (χ4v) is 3.65. The number of benzene rings is 2. The Morgan fingerprint density at radius 2 is 1.75 bits per heavy atom. The summed E-state index contributed by atoms with van der Waals surface area (Å²) in [4.78, 5) is 38.3. The van der Waals surface area contributed by atoms with Crippen molar-refractivity contribution in [3.8, 4) is 11.5 Å². The minimum Gasteiger partial charge on any atom is -0.493 e. The van der Waals surface area contributed by atoms with E-state index in [0.29, 0.717) is 27.6 Å². The van der Waals surface area contributed by atoms with Gasteiger partial charge in [0, 0.05) is 11.6 Å². The normalized spacial score (nSPS) is 15.2. The summed E-state index contributed by atoms with van der Waals surface area (Å²) in [6.07, 6.45) is 1.50. The number of thioether (sulfide) groups is 1. The highest BCUT2D eigenvalue weighted by Gasteiger charge is 2.36. The Morgan fingerprint density at radius 3 is 2.39 bits per heavy atom. The lowest BCUT2D eigenvalue weighted by Crippen LogP contribution is -2.33. The molecule has 0 saturated carbocycles. The van der Waals surface area contributed by atoms with E-state index in [2.05, 4.69) is 0 Å². The van der Waals surface area contributed by atoms with E-state index in [0.717, 1.165) is 16.7 Å². The number of Topliss-reactive ketones (excluding diaryl/α,β-unsaturated/α-hetero) is 1. The molecule has 0 aliphatic carbocycles. The van der Waals surface area contributed by atoms with Gasteiger partial charge in [-0.25, -0.2) is 0 Å². The van der Waals surface area contributed by atoms with Gasteiger partial charge in [-0.05, 0) is 29.5 Å². The molecular weight excluding hydrogens is 402 g/mol. The number of ketones is 1. The third-order valence-electron chi connectivity index (χ3n) is 4.06. The summed E-state index contributed by atoms with van der Waals surface area (Å²) in [6, 6.07) is 11.7. The third-order valence-corrected chi connectivity index (χ3v) is 5.30. The topological polar surface area (TPSA) is 72.9 Å². The maximum absolute atomic E-state index is 12.6. The summed E-state index contributed by atoms with van der Waals surface area (Å²) in [5.74, 6) is 0.0428. The van der Waals surface area contributed by atoms with Crippen LogP contribution in [0.3, 0.4) is 0 Å². The maximum atomic E-state index is 12.6. The lowest BCUT2D eigenvalue weighted by Gasteiger charge is -2.11. The number of rotatable bonds is 6. The van der Waals surface area contributed by atoms with E-state index >= 15 is 0 Å². The van der Waals surface area contributed by atoms with Crippen LogP contribution in [0.15, 0.2) is 47.4 Å². The van der Waals surface area contributed by atoms with Gasteiger partial charge in [0.2, 0.25) is 0 Å². The molecule has 1 aliphatic rings. The number of halogens is 1. The van der Waals surface area contributed by atoms with Gasteiger partial charge in [0.15, 0.2) is 17.3 Å². The number of ether oxygens (including phenoxy) is 2. The van der Waals surface area contributed by atoms with Gasteiger partial charge < -0.3 is 9.47 Å². The summed E-state index contributed by atoms with van der Waals surface area (Å²) in [7, 11) is 2.97. The fourth-order valence-electron chi connectivity index (χ4n) is 2.62. The zero-order valence-electron chi connectivity index (χ0n) is 15.1. The quantitative estimate of drug-likeness (QED) is 0.516. The predicted molar refractivity (Wildman–Crippen MR) is 108 cm³/mol. The minimum atomic E-state index is -0.537. The molecule has 0 unspecified atom stereocenters. The molecule has 144 valence electrons. The molecule has 1 heterocycles. The van der Waals surface area contributed by atoms with E-state index in [9.17, 15) is 14.4 Å². The average molecular weight is 418 g/mol. The zero-order valence-corrected chi connectivity index (χ0v) is 16.7. The first kappa shape index (κ1) is 20.0. The first-order valence-electron chi connectivity index (χ1n) is 8.19. The fraction of sp³-hybridized carbons (Fsp3) is 0.150. The highest BCUT2D eigenvalue weighted by atomic mass is 35.5. The first-order chi connectivity index (χ1) is 13.4. The molecule has 1 fully saturated rings. The molecule has 1 aliphatic heterocycles. The first-order valence-corrected chi connectivity index (χ1v) is 9.39. The Kier molecular flexibility index (Phi) is 6.06. The van der Waals surface area contributed by atoms with Crippen molar-refractivity contribution in [2.45, 2.75) is 0 Å². The van der Waals surface area contributed by atoms with E-state index in [1.165, 1.54) is 20.3 Å². The molecule has 28 heavy (non-hydrogen) atoms. The summed E-state index contributed by atoms with van der Waals surface area (Å²) >= 11 is 7.01. The average Bonchev–Trinajstić information content (AvgIpc) is 2.97. The van der Waals surface area contributed by atoms with Crippen molar-refractivity contribution < 1.29 is 23.9 Å². The SMILES string of the molecule is COc1cc(Cl)c(C=C2SC(=O)N(CC(=O)c3ccccc3)C2=O)cc1OC. The van der Waals surface area contributed by atoms with Crippen molar-refractivity contribution in [2.24, 2.45) is 0 Å². The van der Waals surface area contributed by atoms with Gasteiger partial charge in [-0.3, -0.25) is 19.3 Å². The van der Waals surface area contributed by atoms with E-state index in [4.69, 9.17) is 21.1 Å². The van der Waals surface area contributed by atoms with Crippen LogP contribution in [-0.2, 0) is 4.79 Å². The van der Waals surface area contributed by atoms with Crippen LogP contribution < -0.4 is 9.47 Å². The van der Waals surface area contributed by atoms with Crippen LogP contribution in [0.4, 0.5) is 4.79 Å². The molecule has 2 amide bonds. The monoisotopic (exact) mass is 417 g/mol. The molecule has 0 aromatic heterocycles. The van der Waals surface area contributed by atoms with E-state index in [1.807, 2.05) is 0 Å². The van der Waals surface area contributed by atoms with E-state index in [1.54, 1.807) is 42.5 Å². The number of methoxy groups -OCH3 is 2. The molecule has 3 rings (SSSR count). The number of carbonyl (C=O) groups excluding carboxylic acids is 3. The summed E-state index contributed by atoms with van der Waals surface area (Å²) in [5.41, 5.74) is 0.938. The molecule has 0 atom stereocenters. The Hall–Kier alpha value is -2.77. The molecular formula is C20H16ClNO5S. The second-order valence-corrected chi connectivity index (χ2v) is 7.19. The number of hydrogen-bond donors (Lipinski definition) is 0. The van der Waals surface area contributed by atoms with Gasteiger partial charge in [0.1, 0.15) is 0 Å². The van der Waals surface area contributed by atoms with Crippen molar-refractivity contribution in [1.29, 1.82) is 0 Å². The summed E-state index contributed by atoms with van der Waals surface area (Å²) < 4.78 is 10.4. The minimum absolute atomic E-state index is 0.181. The van der Waals surface area contributed by atoms with Crippen molar-refractivity contribution in [2.75, 3.05) is 20.8 Å². The van der Waals surface area contributed by atoms with Crippen LogP contribution in [0.5, 0.6) is 11.5 Å². The molecule has 2 aromatic rings. The van der Waals surface area contributed by atoms with Crippen LogP contribution in [0.25, 0.3) is 6.08 Å². The van der Waals surface area contributed by atoms with Gasteiger partial charge >= 0.3 is 0 Å². The molecule has 8 heteroatoms. The van der Waals surface area contributed by atoms with Crippen molar-refractivity contribution >= 4 is 46.4 Å². The van der Waals surface area contributed by atoms with Gasteiger partial charge in [-0.2, -0.15) is 0 Å². The largest absolute Gasteiger partial charge is 0.493 e. The van der Waals surface area contributed by atoms with Crippen LogP contribution in [0, 0.1) is 0 Å². The van der Waals surface area contributed by atoms with E-state index < -0.39 is 11.1 Å². The van der Waals surface area contributed by atoms with Gasteiger partial charge in [0.25, 0.3) is 11.1 Å². The Labute approximate surface area is 171 Å². The predicted octanol–water partition coefficient (Wildman–Crippen LogP) is 4.28. The number of hydrogen-bond acceptors (Lipinski definition) is 6. The maximum Gasteiger partial charge on any atom is 0.293 e. The molecule has 1 saturated heterocycles. The Morgan fingerprint density at radius 1 is 1.11 bits per heavy atom. The summed E-state index contributed by atoms with van der Waals surface area (Å²) in [6.45, 7) is -0.314. The number of carbonyl (C=O) groups is 3. The molecule has 6 nitrogen and oxygen atoms in total. The Bertz CT molecular complexity index is 974. The lowest BCUT2D eigenvalue weighted by atomic mass is 10.1. The van der Waals surface area contributed by atoms with Crippen LogP contribution in [0.2, 0.25) is 5.02 Å².